The molecule has 0 bridgehead atoms. The molecule has 5 heteroatoms. The standard InChI is InChI=1S/C15H12ClN3S/c1-8-5-6-17-7-10(8)14-18-13(16)12-9-3-2-4-11(9)20-15(12)19-14/h5-7H,2-4H2,1H3. The first-order valence-electron chi connectivity index (χ1n) is 6.63. The summed E-state index contributed by atoms with van der Waals surface area (Å²) in [6, 6.07) is 1.96. The third-order valence-electron chi connectivity index (χ3n) is 3.80. The number of hydrogen-bond donors (Lipinski definition) is 0. The molecule has 3 aromatic heterocycles. The molecule has 3 nitrogen and oxygen atoms in total. The number of nitrogens with zero attached hydrogens (tertiary/aromatic N) is 3. The van der Waals surface area contributed by atoms with Gasteiger partial charge in [0.1, 0.15) is 9.98 Å². The summed E-state index contributed by atoms with van der Waals surface area (Å²) in [6.45, 7) is 2.03. The van der Waals surface area contributed by atoms with E-state index in [2.05, 4.69) is 9.97 Å². The molecule has 0 atom stereocenters. The molecular weight excluding hydrogens is 290 g/mol. The van der Waals surface area contributed by atoms with Gasteiger partial charge in [0.2, 0.25) is 0 Å². The fraction of sp³-hybridized carbons (Fsp3) is 0.267. The second-order valence-electron chi connectivity index (χ2n) is 5.07. The highest BCUT2D eigenvalue weighted by molar-refractivity contribution is 7.19. The first kappa shape index (κ1) is 12.2. The molecule has 4 rings (SSSR count). The lowest BCUT2D eigenvalue weighted by Crippen LogP contribution is -1.93. The molecule has 20 heavy (non-hydrogen) atoms. The van der Waals surface area contributed by atoms with Crippen molar-refractivity contribution in [2.24, 2.45) is 0 Å². The molecule has 0 spiro atoms. The van der Waals surface area contributed by atoms with Gasteiger partial charge in [-0.1, -0.05) is 11.6 Å². The van der Waals surface area contributed by atoms with Crippen LogP contribution in [0, 0.1) is 6.92 Å². The Balaban J connectivity index is 1.98. The predicted octanol–water partition coefficient (Wildman–Crippen LogP) is 4.20. The van der Waals surface area contributed by atoms with E-state index in [1.54, 1.807) is 23.7 Å². The Labute approximate surface area is 125 Å². The van der Waals surface area contributed by atoms with Gasteiger partial charge in [-0.3, -0.25) is 4.98 Å². The van der Waals surface area contributed by atoms with E-state index in [4.69, 9.17) is 16.6 Å². The van der Waals surface area contributed by atoms with Crippen LogP contribution < -0.4 is 0 Å². The van der Waals surface area contributed by atoms with E-state index in [9.17, 15) is 0 Å². The first-order chi connectivity index (χ1) is 9.74. The largest absolute Gasteiger partial charge is 0.264 e. The van der Waals surface area contributed by atoms with Crippen molar-refractivity contribution in [2.75, 3.05) is 0 Å². The molecule has 0 radical (unpaired) electrons. The maximum atomic E-state index is 6.42. The van der Waals surface area contributed by atoms with Crippen molar-refractivity contribution in [3.63, 3.8) is 0 Å². The highest BCUT2D eigenvalue weighted by atomic mass is 35.5. The van der Waals surface area contributed by atoms with E-state index in [1.807, 2.05) is 13.0 Å². The molecular formula is C15H12ClN3S. The van der Waals surface area contributed by atoms with Gasteiger partial charge in [0.15, 0.2) is 5.82 Å². The Kier molecular flexibility index (Phi) is 2.75. The molecule has 0 unspecified atom stereocenters. The maximum Gasteiger partial charge on any atom is 0.164 e. The van der Waals surface area contributed by atoms with E-state index in [-0.39, 0.29) is 0 Å². The van der Waals surface area contributed by atoms with Crippen LogP contribution in [0.5, 0.6) is 0 Å². The summed E-state index contributed by atoms with van der Waals surface area (Å²) in [5.74, 6) is 0.674. The van der Waals surface area contributed by atoms with E-state index < -0.39 is 0 Å². The lowest BCUT2D eigenvalue weighted by atomic mass is 10.1. The molecule has 0 aliphatic heterocycles. The van der Waals surface area contributed by atoms with Crippen molar-refractivity contribution >= 4 is 33.2 Å². The molecule has 0 saturated carbocycles. The van der Waals surface area contributed by atoms with Crippen molar-refractivity contribution in [2.45, 2.75) is 26.2 Å². The number of aryl methyl sites for hydroxylation is 3. The van der Waals surface area contributed by atoms with Crippen molar-refractivity contribution < 1.29 is 0 Å². The van der Waals surface area contributed by atoms with Crippen molar-refractivity contribution in [3.8, 4) is 11.4 Å². The second-order valence-corrected chi connectivity index (χ2v) is 6.51. The molecule has 0 amide bonds. The minimum Gasteiger partial charge on any atom is -0.264 e. The number of pyridine rings is 1. The van der Waals surface area contributed by atoms with Crippen molar-refractivity contribution in [3.05, 3.63) is 39.6 Å². The van der Waals surface area contributed by atoms with Crippen LogP contribution in [-0.2, 0) is 12.8 Å². The van der Waals surface area contributed by atoms with Gasteiger partial charge in [0.05, 0.1) is 5.39 Å². The van der Waals surface area contributed by atoms with Gasteiger partial charge < -0.3 is 0 Å². The van der Waals surface area contributed by atoms with Crippen LogP contribution in [-0.4, -0.2) is 15.0 Å². The smallest absolute Gasteiger partial charge is 0.164 e. The summed E-state index contributed by atoms with van der Waals surface area (Å²) in [5, 5.41) is 1.64. The predicted molar refractivity (Wildman–Crippen MR) is 82.4 cm³/mol. The zero-order chi connectivity index (χ0) is 13.7. The van der Waals surface area contributed by atoms with Crippen LogP contribution in [0.25, 0.3) is 21.6 Å². The van der Waals surface area contributed by atoms with Gasteiger partial charge in [-0.15, -0.1) is 11.3 Å². The maximum absolute atomic E-state index is 6.42. The third kappa shape index (κ3) is 1.75. The third-order valence-corrected chi connectivity index (χ3v) is 5.26. The molecule has 0 fully saturated rings. The Morgan fingerprint density at radius 1 is 1.25 bits per heavy atom. The van der Waals surface area contributed by atoms with Gasteiger partial charge in [0.25, 0.3) is 0 Å². The first-order valence-corrected chi connectivity index (χ1v) is 7.82. The number of aromatic nitrogens is 3. The summed E-state index contributed by atoms with van der Waals surface area (Å²) in [7, 11) is 0. The highest BCUT2D eigenvalue weighted by Crippen LogP contribution is 2.40. The van der Waals surface area contributed by atoms with Gasteiger partial charge >= 0.3 is 0 Å². The molecule has 1 aliphatic carbocycles. The van der Waals surface area contributed by atoms with E-state index >= 15 is 0 Å². The van der Waals surface area contributed by atoms with Gasteiger partial charge in [0, 0.05) is 22.8 Å². The summed E-state index contributed by atoms with van der Waals surface area (Å²) in [5.41, 5.74) is 3.42. The number of rotatable bonds is 1. The Morgan fingerprint density at radius 2 is 2.15 bits per heavy atom. The fourth-order valence-corrected chi connectivity index (χ4v) is 4.37. The van der Waals surface area contributed by atoms with Gasteiger partial charge in [-0.25, -0.2) is 9.97 Å². The van der Waals surface area contributed by atoms with Crippen LogP contribution >= 0.6 is 22.9 Å². The molecule has 3 aromatic rings. The van der Waals surface area contributed by atoms with Gasteiger partial charge in [-0.05, 0) is 43.4 Å². The fourth-order valence-electron chi connectivity index (χ4n) is 2.77. The van der Waals surface area contributed by atoms with Crippen molar-refractivity contribution in [1.29, 1.82) is 0 Å². The lowest BCUT2D eigenvalue weighted by molar-refractivity contribution is 0.917. The van der Waals surface area contributed by atoms with Crippen LogP contribution in [0.2, 0.25) is 5.15 Å². The van der Waals surface area contributed by atoms with Crippen LogP contribution in [0.15, 0.2) is 18.5 Å². The summed E-state index contributed by atoms with van der Waals surface area (Å²) >= 11 is 8.18. The summed E-state index contributed by atoms with van der Waals surface area (Å²) in [4.78, 5) is 15.8. The van der Waals surface area contributed by atoms with Crippen LogP contribution in [0.3, 0.4) is 0 Å². The van der Waals surface area contributed by atoms with E-state index in [1.165, 1.54) is 16.9 Å². The molecule has 0 saturated heterocycles. The number of fused-ring (bicyclic) bond motifs is 3. The number of thiophene rings is 1. The molecule has 0 aromatic carbocycles. The van der Waals surface area contributed by atoms with E-state index in [0.29, 0.717) is 11.0 Å². The second kappa shape index (κ2) is 4.50. The zero-order valence-electron chi connectivity index (χ0n) is 11.0. The minimum atomic E-state index is 0.577. The SMILES string of the molecule is Cc1ccncc1-c1nc(Cl)c2c3c(sc2n1)CCC3. The van der Waals surface area contributed by atoms with Crippen molar-refractivity contribution in [1.82, 2.24) is 15.0 Å². The minimum absolute atomic E-state index is 0.577. The van der Waals surface area contributed by atoms with Crippen LogP contribution in [0.4, 0.5) is 0 Å². The number of hydrogen-bond acceptors (Lipinski definition) is 4. The Hall–Kier alpha value is -1.52. The summed E-state index contributed by atoms with van der Waals surface area (Å²) in [6.07, 6.45) is 7.04. The van der Waals surface area contributed by atoms with Crippen LogP contribution in [0.1, 0.15) is 22.4 Å². The average molecular weight is 302 g/mol. The summed E-state index contributed by atoms with van der Waals surface area (Å²) < 4.78 is 0. The van der Waals surface area contributed by atoms with Gasteiger partial charge in [-0.2, -0.15) is 0 Å². The zero-order valence-corrected chi connectivity index (χ0v) is 12.6. The van der Waals surface area contributed by atoms with E-state index in [0.717, 1.165) is 34.2 Å². The monoisotopic (exact) mass is 301 g/mol. The average Bonchev–Trinajstić information content (AvgIpc) is 2.98. The molecule has 1 aliphatic rings. The topological polar surface area (TPSA) is 38.7 Å². The molecule has 0 N–H and O–H groups in total. The number of halogens is 1. The molecule has 3 heterocycles. The quantitative estimate of drug-likeness (QED) is 0.632. The Bertz CT molecular complexity index is 825. The molecule has 100 valence electrons. The lowest BCUT2D eigenvalue weighted by Gasteiger charge is -2.05. The Morgan fingerprint density at radius 3 is 3.00 bits per heavy atom. The highest BCUT2D eigenvalue weighted by Gasteiger charge is 2.22. The normalized spacial score (nSPS) is 13.9.